The molecule has 0 spiro atoms. The van der Waals surface area contributed by atoms with Crippen molar-refractivity contribution in [1.29, 1.82) is 0 Å². The number of nitrogens with one attached hydrogen (secondary N) is 1. The van der Waals surface area contributed by atoms with E-state index in [-0.39, 0.29) is 18.2 Å². The Kier molecular flexibility index (Phi) is 3.99. The lowest BCUT2D eigenvalue weighted by atomic mass is 10.3. The summed E-state index contributed by atoms with van der Waals surface area (Å²) in [4.78, 5) is 24.8. The average Bonchev–Trinajstić information content (AvgIpc) is 3.28. The molecule has 4 aromatic rings. The minimum atomic E-state index is -1.05. The van der Waals surface area contributed by atoms with Crippen LogP contribution >= 0.6 is 0 Å². The summed E-state index contributed by atoms with van der Waals surface area (Å²) in [6.07, 6.45) is 2.90. The lowest BCUT2D eigenvalue weighted by molar-refractivity contribution is -0.116. The second kappa shape index (κ2) is 6.48. The third-order valence-corrected chi connectivity index (χ3v) is 3.75. The normalized spacial score (nSPS) is 11.0. The number of aromatic nitrogens is 4. The molecule has 0 aliphatic heterocycles. The van der Waals surface area contributed by atoms with Gasteiger partial charge in [0.1, 0.15) is 17.8 Å². The average molecular weight is 370 g/mol. The van der Waals surface area contributed by atoms with Gasteiger partial charge in [-0.3, -0.25) is 4.79 Å². The number of nitrogen functional groups attached to an aromatic ring is 1. The number of rotatable bonds is 4. The minimum Gasteiger partial charge on any atom is -0.463 e. The van der Waals surface area contributed by atoms with Gasteiger partial charge < -0.3 is 20.0 Å². The number of furan rings is 1. The van der Waals surface area contributed by atoms with Crippen LogP contribution in [-0.2, 0) is 11.3 Å². The third kappa shape index (κ3) is 3.19. The predicted octanol–water partition coefficient (Wildman–Crippen LogP) is 2.59. The van der Waals surface area contributed by atoms with E-state index in [1.165, 1.54) is 23.2 Å². The van der Waals surface area contributed by atoms with Crippen LogP contribution in [0.5, 0.6) is 0 Å². The number of imidazole rings is 1. The molecule has 0 saturated carbocycles. The van der Waals surface area contributed by atoms with Gasteiger partial charge in [0.05, 0.1) is 12.6 Å². The second-order valence-electron chi connectivity index (χ2n) is 5.63. The summed E-state index contributed by atoms with van der Waals surface area (Å²) < 4.78 is 33.0. The number of hydrogen-bond donors (Lipinski definition) is 2. The summed E-state index contributed by atoms with van der Waals surface area (Å²) in [5.41, 5.74) is 7.06. The van der Waals surface area contributed by atoms with Crippen molar-refractivity contribution in [2.75, 3.05) is 11.1 Å². The topological polar surface area (TPSA) is 112 Å². The number of carbonyl (C=O) groups excluding carboxylic acids is 1. The van der Waals surface area contributed by atoms with Gasteiger partial charge in [-0.15, -0.1) is 0 Å². The number of hydrogen-bond acceptors (Lipinski definition) is 6. The van der Waals surface area contributed by atoms with Gasteiger partial charge in [-0.05, 0) is 24.3 Å². The Morgan fingerprint density at radius 3 is 2.81 bits per heavy atom. The molecule has 0 fully saturated rings. The highest BCUT2D eigenvalue weighted by Crippen LogP contribution is 2.26. The predicted molar refractivity (Wildman–Crippen MR) is 92.4 cm³/mol. The molecule has 1 amide bonds. The molecule has 1 aromatic carbocycles. The fourth-order valence-corrected chi connectivity index (χ4v) is 2.59. The van der Waals surface area contributed by atoms with Crippen LogP contribution in [0, 0.1) is 11.6 Å². The summed E-state index contributed by atoms with van der Waals surface area (Å²) in [5, 5.41) is 2.48. The number of carbonyl (C=O) groups is 1. The maximum atomic E-state index is 13.3. The van der Waals surface area contributed by atoms with E-state index in [2.05, 4.69) is 20.3 Å². The van der Waals surface area contributed by atoms with Crippen LogP contribution in [0.4, 0.5) is 20.4 Å². The lowest BCUT2D eigenvalue weighted by Crippen LogP contribution is -2.18. The quantitative estimate of drug-likeness (QED) is 0.571. The second-order valence-corrected chi connectivity index (χ2v) is 5.63. The first kappa shape index (κ1) is 16.6. The van der Waals surface area contributed by atoms with E-state index in [4.69, 9.17) is 10.2 Å². The number of nitrogens with zero attached hydrogens (tertiary/aromatic N) is 4. The molecule has 8 nitrogen and oxygen atoms in total. The van der Waals surface area contributed by atoms with E-state index in [1.807, 2.05) is 0 Å². The van der Waals surface area contributed by atoms with Crippen LogP contribution in [0.15, 0.2) is 47.3 Å². The molecule has 0 aliphatic rings. The molecular weight excluding hydrogens is 358 g/mol. The molecule has 0 radical (unpaired) electrons. The van der Waals surface area contributed by atoms with Gasteiger partial charge >= 0.3 is 0 Å². The van der Waals surface area contributed by atoms with E-state index in [0.717, 1.165) is 12.1 Å². The largest absolute Gasteiger partial charge is 0.463 e. The zero-order valence-corrected chi connectivity index (χ0v) is 13.7. The van der Waals surface area contributed by atoms with Crippen LogP contribution in [0.1, 0.15) is 0 Å². The van der Waals surface area contributed by atoms with Crippen molar-refractivity contribution in [3.8, 4) is 11.5 Å². The van der Waals surface area contributed by atoms with Crippen LogP contribution in [0.25, 0.3) is 22.6 Å². The molecule has 27 heavy (non-hydrogen) atoms. The molecular formula is C17H12F2N6O2. The van der Waals surface area contributed by atoms with Crippen molar-refractivity contribution in [2.24, 2.45) is 0 Å². The summed E-state index contributed by atoms with van der Waals surface area (Å²) in [5.74, 6) is -2.06. The molecule has 3 heterocycles. The Balaban J connectivity index is 1.62. The first-order valence-corrected chi connectivity index (χ1v) is 7.78. The van der Waals surface area contributed by atoms with E-state index >= 15 is 0 Å². The number of amides is 1. The molecule has 0 saturated heterocycles. The highest BCUT2D eigenvalue weighted by atomic mass is 19.2. The maximum absolute atomic E-state index is 13.3. The van der Waals surface area contributed by atoms with Crippen molar-refractivity contribution in [1.82, 2.24) is 19.5 Å². The highest BCUT2D eigenvalue weighted by molar-refractivity contribution is 5.92. The molecule has 0 unspecified atom stereocenters. The van der Waals surface area contributed by atoms with E-state index < -0.39 is 17.5 Å². The van der Waals surface area contributed by atoms with Gasteiger partial charge in [0.25, 0.3) is 0 Å². The molecule has 136 valence electrons. The van der Waals surface area contributed by atoms with Gasteiger partial charge in [0.15, 0.2) is 23.0 Å². The fourth-order valence-electron chi connectivity index (χ4n) is 2.59. The Bertz CT molecular complexity index is 1140. The van der Waals surface area contributed by atoms with Crippen molar-refractivity contribution in [3.63, 3.8) is 0 Å². The molecule has 10 heteroatoms. The highest BCUT2D eigenvalue weighted by Gasteiger charge is 2.17. The summed E-state index contributed by atoms with van der Waals surface area (Å²) in [6.45, 7) is -0.163. The van der Waals surface area contributed by atoms with Crippen molar-refractivity contribution in [2.45, 2.75) is 6.54 Å². The Labute approximate surface area is 150 Å². The zero-order valence-electron chi connectivity index (χ0n) is 13.7. The summed E-state index contributed by atoms with van der Waals surface area (Å²) in [6, 6.07) is 6.49. The number of fused-ring (bicyclic) bond motifs is 1. The van der Waals surface area contributed by atoms with Crippen molar-refractivity contribution >= 4 is 28.7 Å². The van der Waals surface area contributed by atoms with Gasteiger partial charge in [0, 0.05) is 11.8 Å². The first-order valence-electron chi connectivity index (χ1n) is 7.78. The van der Waals surface area contributed by atoms with Gasteiger partial charge in [0.2, 0.25) is 11.9 Å². The van der Waals surface area contributed by atoms with Crippen molar-refractivity contribution < 1.29 is 18.0 Å². The fraction of sp³-hybridized carbons (Fsp3) is 0.0588. The third-order valence-electron chi connectivity index (χ3n) is 3.75. The molecule has 0 aliphatic carbocycles. The Morgan fingerprint density at radius 1 is 1.22 bits per heavy atom. The standard InChI is InChI=1S/C17H12F2N6O2/c18-10-4-3-9(6-11(10)19)22-13(26)7-25-8-21-15-14(12-2-1-5-27-12)23-17(20)24-16(15)25/h1-6,8H,7H2,(H,22,26)(H2,20,23,24). The number of nitrogens with two attached hydrogens (primary N) is 1. The van der Waals surface area contributed by atoms with Crippen LogP contribution < -0.4 is 11.1 Å². The number of halogens is 2. The van der Waals surface area contributed by atoms with E-state index in [0.29, 0.717) is 22.6 Å². The van der Waals surface area contributed by atoms with Crippen LogP contribution in [-0.4, -0.2) is 25.4 Å². The molecule has 4 rings (SSSR count). The van der Waals surface area contributed by atoms with Gasteiger partial charge in [-0.1, -0.05) is 0 Å². The van der Waals surface area contributed by atoms with Gasteiger partial charge in [-0.2, -0.15) is 4.98 Å². The number of anilines is 2. The van der Waals surface area contributed by atoms with E-state index in [1.54, 1.807) is 12.1 Å². The monoisotopic (exact) mass is 370 g/mol. The molecule has 3 aromatic heterocycles. The summed E-state index contributed by atoms with van der Waals surface area (Å²) in [7, 11) is 0. The first-order chi connectivity index (χ1) is 13.0. The van der Waals surface area contributed by atoms with Crippen molar-refractivity contribution in [3.05, 3.63) is 54.6 Å². The molecule has 3 N–H and O–H groups in total. The molecule has 0 bridgehead atoms. The Hall–Kier alpha value is -3.82. The molecule has 0 atom stereocenters. The Morgan fingerprint density at radius 2 is 2.07 bits per heavy atom. The smallest absolute Gasteiger partial charge is 0.244 e. The SMILES string of the molecule is Nc1nc(-c2ccco2)c2ncn(CC(=O)Nc3ccc(F)c(F)c3)c2n1. The van der Waals surface area contributed by atoms with Crippen LogP contribution in [0.2, 0.25) is 0 Å². The maximum Gasteiger partial charge on any atom is 0.244 e. The minimum absolute atomic E-state index is 0.00309. The zero-order chi connectivity index (χ0) is 19.0. The van der Waals surface area contributed by atoms with Crippen LogP contribution in [0.3, 0.4) is 0 Å². The lowest BCUT2D eigenvalue weighted by Gasteiger charge is -2.07. The number of benzene rings is 1. The summed E-state index contributed by atoms with van der Waals surface area (Å²) >= 11 is 0. The van der Waals surface area contributed by atoms with Gasteiger partial charge in [-0.25, -0.2) is 18.7 Å². The van der Waals surface area contributed by atoms with E-state index in [9.17, 15) is 13.6 Å².